The summed E-state index contributed by atoms with van der Waals surface area (Å²) in [5.74, 6) is 0.466. The highest BCUT2D eigenvalue weighted by atomic mass is 79.9. The third kappa shape index (κ3) is 7.56. The maximum atomic E-state index is 13.4. The van der Waals surface area contributed by atoms with Gasteiger partial charge >= 0.3 is 6.18 Å². The Balaban J connectivity index is 2.16. The van der Waals surface area contributed by atoms with E-state index in [0.29, 0.717) is 40.5 Å². The SMILES string of the molecule is CC(=O)CC[C@H](C)CNCc1ccc(C(F)(F)F)c(/C=C/c2cccc(Br)c2Cl)c1. The monoisotopic (exact) mass is 501 g/mol. The molecule has 2 aromatic rings. The van der Waals surface area contributed by atoms with E-state index in [1.54, 1.807) is 37.3 Å². The number of hydrogen-bond acceptors (Lipinski definition) is 2. The summed E-state index contributed by atoms with van der Waals surface area (Å²) in [5, 5.41) is 3.70. The highest BCUT2D eigenvalue weighted by Crippen LogP contribution is 2.34. The lowest BCUT2D eigenvalue weighted by Gasteiger charge is -2.14. The summed E-state index contributed by atoms with van der Waals surface area (Å²) < 4.78 is 41.0. The Hall–Kier alpha value is -1.63. The van der Waals surface area contributed by atoms with Crippen LogP contribution in [-0.2, 0) is 17.5 Å². The van der Waals surface area contributed by atoms with E-state index in [-0.39, 0.29) is 11.3 Å². The molecule has 0 amide bonds. The lowest BCUT2D eigenvalue weighted by molar-refractivity contribution is -0.137. The Morgan fingerprint density at radius 2 is 1.90 bits per heavy atom. The molecule has 0 unspecified atom stereocenters. The van der Waals surface area contributed by atoms with Crippen molar-refractivity contribution < 1.29 is 18.0 Å². The van der Waals surface area contributed by atoms with Gasteiger partial charge < -0.3 is 10.1 Å². The largest absolute Gasteiger partial charge is 0.416 e. The first kappa shape index (κ1) is 24.6. The molecule has 1 atom stereocenters. The smallest absolute Gasteiger partial charge is 0.312 e. The zero-order valence-corrected chi connectivity index (χ0v) is 19.2. The first-order valence-electron chi connectivity index (χ1n) is 9.60. The van der Waals surface area contributed by atoms with Crippen molar-refractivity contribution in [3.63, 3.8) is 0 Å². The molecule has 162 valence electrons. The molecule has 2 aromatic carbocycles. The number of rotatable bonds is 9. The second-order valence-electron chi connectivity index (χ2n) is 7.37. The summed E-state index contributed by atoms with van der Waals surface area (Å²) in [6.45, 7) is 4.74. The summed E-state index contributed by atoms with van der Waals surface area (Å²) in [4.78, 5) is 11.1. The Bertz CT molecular complexity index is 912. The van der Waals surface area contributed by atoms with Gasteiger partial charge in [-0.15, -0.1) is 0 Å². The molecule has 0 bridgehead atoms. The third-order valence-corrected chi connectivity index (χ3v) is 5.97. The van der Waals surface area contributed by atoms with E-state index >= 15 is 0 Å². The van der Waals surface area contributed by atoms with Crippen LogP contribution >= 0.6 is 27.5 Å². The van der Waals surface area contributed by atoms with Crippen molar-refractivity contribution >= 4 is 45.5 Å². The number of carbonyl (C=O) groups is 1. The van der Waals surface area contributed by atoms with Crippen LogP contribution in [0.25, 0.3) is 12.2 Å². The Labute approximate surface area is 188 Å². The lowest BCUT2D eigenvalue weighted by atomic mass is 10.0. The number of Topliss-reactive ketones (excluding diaryl/α,β-unsaturated/α-hetero) is 1. The number of ketones is 1. The van der Waals surface area contributed by atoms with Gasteiger partial charge in [-0.2, -0.15) is 13.2 Å². The van der Waals surface area contributed by atoms with Crippen molar-refractivity contribution in [2.24, 2.45) is 5.92 Å². The van der Waals surface area contributed by atoms with Gasteiger partial charge in [0.2, 0.25) is 0 Å². The number of alkyl halides is 3. The van der Waals surface area contributed by atoms with Crippen LogP contribution in [-0.4, -0.2) is 12.3 Å². The highest BCUT2D eigenvalue weighted by molar-refractivity contribution is 9.10. The van der Waals surface area contributed by atoms with Gasteiger partial charge in [-0.25, -0.2) is 0 Å². The van der Waals surface area contributed by atoms with Gasteiger partial charge in [-0.05, 0) is 76.6 Å². The summed E-state index contributed by atoms with van der Waals surface area (Å²) in [5.41, 5.74) is 0.773. The fourth-order valence-corrected chi connectivity index (χ4v) is 3.53. The van der Waals surface area contributed by atoms with Crippen LogP contribution in [0.3, 0.4) is 0 Å². The van der Waals surface area contributed by atoms with Crippen molar-refractivity contribution in [3.05, 3.63) is 68.1 Å². The van der Waals surface area contributed by atoms with Gasteiger partial charge in [0.15, 0.2) is 0 Å². The lowest BCUT2D eigenvalue weighted by Crippen LogP contribution is -2.21. The van der Waals surface area contributed by atoms with Gasteiger partial charge in [0.1, 0.15) is 5.78 Å². The van der Waals surface area contributed by atoms with Gasteiger partial charge in [0.25, 0.3) is 0 Å². The molecule has 0 aromatic heterocycles. The zero-order chi connectivity index (χ0) is 22.3. The van der Waals surface area contributed by atoms with Crippen LogP contribution in [0.2, 0.25) is 5.02 Å². The van der Waals surface area contributed by atoms with E-state index in [0.717, 1.165) is 18.1 Å². The molecular weight excluding hydrogens is 479 g/mol. The topological polar surface area (TPSA) is 29.1 Å². The molecule has 0 spiro atoms. The summed E-state index contributed by atoms with van der Waals surface area (Å²) in [6.07, 6.45) is -0.102. The predicted molar refractivity (Wildman–Crippen MR) is 120 cm³/mol. The van der Waals surface area contributed by atoms with Crippen molar-refractivity contribution in [2.45, 2.75) is 39.4 Å². The minimum Gasteiger partial charge on any atom is -0.312 e. The number of nitrogens with one attached hydrogen (secondary N) is 1. The third-order valence-electron chi connectivity index (χ3n) is 4.66. The minimum atomic E-state index is -4.45. The van der Waals surface area contributed by atoms with Crippen LogP contribution in [0.5, 0.6) is 0 Å². The number of carbonyl (C=O) groups excluding carboxylic acids is 1. The van der Waals surface area contributed by atoms with Crippen molar-refractivity contribution in [3.8, 4) is 0 Å². The maximum absolute atomic E-state index is 13.4. The average molecular weight is 503 g/mol. The molecule has 0 aliphatic rings. The molecule has 2 nitrogen and oxygen atoms in total. The minimum absolute atomic E-state index is 0.0856. The number of hydrogen-bond donors (Lipinski definition) is 1. The molecule has 0 saturated carbocycles. The highest BCUT2D eigenvalue weighted by Gasteiger charge is 2.32. The Morgan fingerprint density at radius 3 is 2.57 bits per heavy atom. The molecule has 0 aliphatic carbocycles. The van der Waals surface area contributed by atoms with Crippen LogP contribution in [0.1, 0.15) is 48.9 Å². The van der Waals surface area contributed by atoms with Crippen LogP contribution in [0.4, 0.5) is 13.2 Å². The van der Waals surface area contributed by atoms with E-state index in [4.69, 9.17) is 11.6 Å². The van der Waals surface area contributed by atoms with E-state index in [1.165, 1.54) is 12.1 Å². The van der Waals surface area contributed by atoms with Gasteiger partial charge in [0.05, 0.1) is 10.6 Å². The summed E-state index contributed by atoms with van der Waals surface area (Å²) in [6, 6.07) is 9.42. The number of benzene rings is 2. The number of halogens is 5. The standard InChI is InChI=1S/C23H24BrClF3NO/c1-15(6-7-16(2)30)13-29-14-17-8-11-20(23(26,27)28)19(12-17)10-9-18-4-3-5-21(24)22(18)25/h3-5,8-12,15,29H,6-7,13-14H2,1-2H3/b10-9+/t15-/m0/s1. The van der Waals surface area contributed by atoms with Crippen molar-refractivity contribution in [2.75, 3.05) is 6.54 Å². The summed E-state index contributed by atoms with van der Waals surface area (Å²) >= 11 is 9.53. The average Bonchev–Trinajstić information content (AvgIpc) is 2.66. The molecule has 0 fully saturated rings. The molecule has 30 heavy (non-hydrogen) atoms. The fourth-order valence-electron chi connectivity index (χ4n) is 2.96. The molecule has 2 rings (SSSR count). The van der Waals surface area contributed by atoms with Crippen molar-refractivity contribution in [1.82, 2.24) is 5.32 Å². The molecule has 0 heterocycles. The zero-order valence-electron chi connectivity index (χ0n) is 16.8. The van der Waals surface area contributed by atoms with Gasteiger partial charge in [0, 0.05) is 17.4 Å². The second-order valence-corrected chi connectivity index (χ2v) is 8.60. The molecular formula is C23H24BrClF3NO. The summed E-state index contributed by atoms with van der Waals surface area (Å²) in [7, 11) is 0. The van der Waals surface area contributed by atoms with Crippen molar-refractivity contribution in [1.29, 1.82) is 0 Å². The van der Waals surface area contributed by atoms with Crippen LogP contribution < -0.4 is 5.32 Å². The Kier molecular flexibility index (Phi) is 9.13. The van der Waals surface area contributed by atoms with E-state index in [9.17, 15) is 18.0 Å². The fraction of sp³-hybridized carbons (Fsp3) is 0.348. The maximum Gasteiger partial charge on any atom is 0.416 e. The molecule has 1 N–H and O–H groups in total. The second kappa shape index (κ2) is 11.1. The van der Waals surface area contributed by atoms with Crippen LogP contribution in [0, 0.1) is 5.92 Å². The Morgan fingerprint density at radius 1 is 1.20 bits per heavy atom. The van der Waals surface area contributed by atoms with Gasteiger partial charge in [-0.1, -0.05) is 48.9 Å². The first-order chi connectivity index (χ1) is 14.1. The normalized spacial score (nSPS) is 13.0. The quantitative estimate of drug-likeness (QED) is 0.362. The van der Waals surface area contributed by atoms with Gasteiger partial charge in [-0.3, -0.25) is 0 Å². The van der Waals surface area contributed by atoms with Crippen LogP contribution in [0.15, 0.2) is 40.9 Å². The molecule has 0 radical (unpaired) electrons. The first-order valence-corrected chi connectivity index (χ1v) is 10.8. The molecule has 7 heteroatoms. The van der Waals surface area contributed by atoms with E-state index in [1.807, 2.05) is 6.92 Å². The predicted octanol–water partition coefficient (Wildman–Crippen LogP) is 7.39. The van der Waals surface area contributed by atoms with E-state index < -0.39 is 11.7 Å². The molecule has 0 aliphatic heterocycles. The molecule has 0 saturated heterocycles. The van der Waals surface area contributed by atoms with E-state index in [2.05, 4.69) is 21.2 Å².